The zero-order chi connectivity index (χ0) is 15.4. The lowest BCUT2D eigenvalue weighted by Crippen LogP contribution is -1.91. The lowest BCUT2D eigenvalue weighted by Gasteiger charge is -2.04. The van der Waals surface area contributed by atoms with Gasteiger partial charge in [-0.1, -0.05) is 18.2 Å². The second kappa shape index (κ2) is 4.39. The zero-order valence-electron chi connectivity index (χ0n) is 12.5. The largest absolute Gasteiger partial charge is 0.345 e. The minimum atomic E-state index is 0.865. The van der Waals surface area contributed by atoms with E-state index in [0.717, 1.165) is 44.7 Å². The molecule has 4 aromatic heterocycles. The normalized spacial score (nSPS) is 11.7. The molecule has 5 heteroatoms. The van der Waals surface area contributed by atoms with E-state index in [1.54, 1.807) is 0 Å². The number of H-pyrrole nitrogens is 1. The molecule has 0 fully saturated rings. The molecule has 0 atom stereocenters. The molecule has 110 valence electrons. The van der Waals surface area contributed by atoms with Gasteiger partial charge < -0.3 is 4.98 Å². The van der Waals surface area contributed by atoms with Gasteiger partial charge in [-0.15, -0.1) is 0 Å². The van der Waals surface area contributed by atoms with E-state index in [1.165, 1.54) is 0 Å². The van der Waals surface area contributed by atoms with Crippen LogP contribution in [0, 0.1) is 6.92 Å². The first-order valence-corrected chi connectivity index (χ1v) is 7.48. The highest BCUT2D eigenvalue weighted by molar-refractivity contribution is 5.98. The fourth-order valence-electron chi connectivity index (χ4n) is 3.24. The first kappa shape index (κ1) is 12.3. The second-order valence-electron chi connectivity index (χ2n) is 5.57. The summed E-state index contributed by atoms with van der Waals surface area (Å²) in [5, 5.41) is 1.10. The maximum atomic E-state index is 4.82. The number of nitrogens with one attached hydrogen (secondary N) is 1. The number of pyridine rings is 1. The fraction of sp³-hybridized carbons (Fsp3) is 0.0556. The topological polar surface area (TPSA) is 58.9 Å². The molecular formula is C18H13N5. The Balaban J connectivity index is 1.93. The summed E-state index contributed by atoms with van der Waals surface area (Å²) in [7, 11) is 0. The Morgan fingerprint density at radius 2 is 1.96 bits per heavy atom. The number of rotatable bonds is 1. The third-order valence-electron chi connectivity index (χ3n) is 4.24. The molecule has 0 unspecified atom stereocenters. The molecule has 0 amide bonds. The van der Waals surface area contributed by atoms with Crippen molar-refractivity contribution in [2.24, 2.45) is 0 Å². The number of nitrogens with zero attached hydrogens (tertiary/aromatic N) is 4. The van der Waals surface area contributed by atoms with Crippen LogP contribution in [-0.2, 0) is 0 Å². The molecule has 4 heterocycles. The summed E-state index contributed by atoms with van der Waals surface area (Å²) in [5.41, 5.74) is 5.90. The van der Waals surface area contributed by atoms with Crippen molar-refractivity contribution in [2.45, 2.75) is 6.92 Å². The SMILES string of the molecule is Cc1nc(-c2cccc3ncccc23)c2cnc3[nH]ccc3n12. The van der Waals surface area contributed by atoms with Gasteiger partial charge in [-0.3, -0.25) is 9.38 Å². The number of hydrogen-bond acceptors (Lipinski definition) is 3. The van der Waals surface area contributed by atoms with Crippen molar-refractivity contribution in [3.05, 3.63) is 60.8 Å². The maximum absolute atomic E-state index is 4.82. The van der Waals surface area contributed by atoms with Gasteiger partial charge in [0.05, 0.1) is 28.4 Å². The maximum Gasteiger partial charge on any atom is 0.154 e. The molecule has 0 radical (unpaired) electrons. The van der Waals surface area contributed by atoms with Crippen molar-refractivity contribution >= 4 is 27.6 Å². The van der Waals surface area contributed by atoms with Crippen molar-refractivity contribution in [2.75, 3.05) is 0 Å². The van der Waals surface area contributed by atoms with E-state index < -0.39 is 0 Å². The number of aromatic nitrogens is 5. The van der Waals surface area contributed by atoms with Crippen LogP contribution in [0.3, 0.4) is 0 Å². The lowest BCUT2D eigenvalue weighted by molar-refractivity contribution is 1.07. The predicted molar refractivity (Wildman–Crippen MR) is 90.3 cm³/mol. The molecule has 5 aromatic rings. The molecule has 0 aliphatic rings. The van der Waals surface area contributed by atoms with Gasteiger partial charge in [0, 0.05) is 23.3 Å². The number of hydrogen-bond donors (Lipinski definition) is 1. The van der Waals surface area contributed by atoms with Crippen LogP contribution in [0.15, 0.2) is 55.0 Å². The van der Waals surface area contributed by atoms with E-state index in [-0.39, 0.29) is 0 Å². The van der Waals surface area contributed by atoms with E-state index in [1.807, 2.05) is 49.8 Å². The lowest BCUT2D eigenvalue weighted by atomic mass is 10.1. The first-order chi connectivity index (χ1) is 11.3. The van der Waals surface area contributed by atoms with Crippen LogP contribution in [0.5, 0.6) is 0 Å². The summed E-state index contributed by atoms with van der Waals surface area (Å²) < 4.78 is 2.14. The van der Waals surface area contributed by atoms with Crippen LogP contribution in [-0.4, -0.2) is 24.3 Å². The molecule has 0 aliphatic heterocycles. The van der Waals surface area contributed by atoms with Gasteiger partial charge in [-0.25, -0.2) is 9.97 Å². The van der Waals surface area contributed by atoms with Crippen molar-refractivity contribution in [1.29, 1.82) is 0 Å². The molecule has 0 spiro atoms. The summed E-state index contributed by atoms with van der Waals surface area (Å²) in [6.07, 6.45) is 5.59. The summed E-state index contributed by atoms with van der Waals surface area (Å²) in [4.78, 5) is 16.9. The molecule has 5 nitrogen and oxygen atoms in total. The van der Waals surface area contributed by atoms with Crippen LogP contribution in [0.25, 0.3) is 38.8 Å². The van der Waals surface area contributed by atoms with Crippen molar-refractivity contribution < 1.29 is 0 Å². The van der Waals surface area contributed by atoms with E-state index in [2.05, 4.69) is 31.5 Å². The van der Waals surface area contributed by atoms with Crippen molar-refractivity contribution in [3.8, 4) is 11.3 Å². The van der Waals surface area contributed by atoms with Crippen LogP contribution in [0.1, 0.15) is 5.82 Å². The summed E-state index contributed by atoms with van der Waals surface area (Å²) in [5.74, 6) is 0.947. The van der Waals surface area contributed by atoms with E-state index >= 15 is 0 Å². The molecule has 0 saturated carbocycles. The number of imidazole rings is 1. The Hall–Kier alpha value is -3.21. The van der Waals surface area contributed by atoms with Gasteiger partial charge in [0.25, 0.3) is 0 Å². The van der Waals surface area contributed by atoms with Gasteiger partial charge in [0.2, 0.25) is 0 Å². The van der Waals surface area contributed by atoms with Gasteiger partial charge in [-0.2, -0.15) is 0 Å². The van der Waals surface area contributed by atoms with Crippen LogP contribution in [0.4, 0.5) is 0 Å². The summed E-state index contributed by atoms with van der Waals surface area (Å²) in [6.45, 7) is 2.02. The monoisotopic (exact) mass is 299 g/mol. The van der Waals surface area contributed by atoms with Crippen molar-refractivity contribution in [1.82, 2.24) is 24.3 Å². The van der Waals surface area contributed by atoms with Crippen LogP contribution < -0.4 is 0 Å². The number of fused-ring (bicyclic) bond motifs is 4. The molecule has 1 N–H and O–H groups in total. The third kappa shape index (κ3) is 1.64. The number of aryl methyl sites for hydroxylation is 1. The van der Waals surface area contributed by atoms with E-state index in [0.29, 0.717) is 0 Å². The molecule has 0 bridgehead atoms. The molecule has 0 saturated heterocycles. The van der Waals surface area contributed by atoms with Gasteiger partial charge in [0.15, 0.2) is 5.65 Å². The second-order valence-corrected chi connectivity index (χ2v) is 5.57. The average Bonchev–Trinajstić information content (AvgIpc) is 3.18. The van der Waals surface area contributed by atoms with Crippen LogP contribution >= 0.6 is 0 Å². The van der Waals surface area contributed by atoms with E-state index in [9.17, 15) is 0 Å². The standard InChI is InChI=1S/C18H13N5/c1-11-22-17(13-4-2-6-14-12(13)5-3-8-19-14)16-10-21-18-15(23(11)16)7-9-20-18/h2-10,20H,1H3. The Bertz CT molecular complexity index is 1180. The molecular weight excluding hydrogens is 286 g/mol. The Morgan fingerprint density at radius 1 is 1.00 bits per heavy atom. The van der Waals surface area contributed by atoms with Crippen molar-refractivity contribution in [3.63, 3.8) is 0 Å². The number of benzene rings is 1. The zero-order valence-corrected chi connectivity index (χ0v) is 12.5. The summed E-state index contributed by atoms with van der Waals surface area (Å²) in [6, 6.07) is 12.2. The predicted octanol–water partition coefficient (Wildman–Crippen LogP) is 3.73. The van der Waals surface area contributed by atoms with Crippen LogP contribution in [0.2, 0.25) is 0 Å². The Morgan fingerprint density at radius 3 is 2.91 bits per heavy atom. The minimum absolute atomic E-state index is 0.865. The van der Waals surface area contributed by atoms with E-state index in [4.69, 9.17) is 4.98 Å². The molecule has 1 aromatic carbocycles. The third-order valence-corrected chi connectivity index (χ3v) is 4.24. The molecule has 23 heavy (non-hydrogen) atoms. The minimum Gasteiger partial charge on any atom is -0.345 e. The summed E-state index contributed by atoms with van der Waals surface area (Å²) >= 11 is 0. The highest BCUT2D eigenvalue weighted by atomic mass is 15.1. The highest BCUT2D eigenvalue weighted by Gasteiger charge is 2.15. The van der Waals surface area contributed by atoms with Gasteiger partial charge >= 0.3 is 0 Å². The Labute approximate surface area is 131 Å². The highest BCUT2D eigenvalue weighted by Crippen LogP contribution is 2.31. The smallest absolute Gasteiger partial charge is 0.154 e. The average molecular weight is 299 g/mol. The molecule has 0 aliphatic carbocycles. The van der Waals surface area contributed by atoms with Gasteiger partial charge in [-0.05, 0) is 25.1 Å². The number of aromatic amines is 1. The van der Waals surface area contributed by atoms with Gasteiger partial charge in [0.1, 0.15) is 5.82 Å². The first-order valence-electron chi connectivity index (χ1n) is 7.48. The molecule has 5 rings (SSSR count). The quantitative estimate of drug-likeness (QED) is 0.513. The fourth-order valence-corrected chi connectivity index (χ4v) is 3.24. The Kier molecular flexibility index (Phi) is 2.36.